The second kappa shape index (κ2) is 3.68. The Labute approximate surface area is 86.0 Å². The van der Waals surface area contributed by atoms with Crippen LogP contribution in [0.3, 0.4) is 0 Å². The molecule has 0 radical (unpaired) electrons. The molecule has 1 aromatic rings. The van der Waals surface area contributed by atoms with Gasteiger partial charge < -0.3 is 9.47 Å². The zero-order valence-corrected chi connectivity index (χ0v) is 9.00. The minimum atomic E-state index is 0.312. The monoisotopic (exact) mass is 242 g/mol. The number of ether oxygens (including phenoxy) is 2. The Morgan fingerprint density at radius 1 is 1.62 bits per heavy atom. The van der Waals surface area contributed by atoms with Crippen LogP contribution in [0, 0.1) is 6.92 Å². The Morgan fingerprint density at radius 3 is 3.08 bits per heavy atom. The first-order valence-electron chi connectivity index (χ1n) is 4.26. The van der Waals surface area contributed by atoms with Gasteiger partial charge in [-0.1, -0.05) is 6.07 Å². The van der Waals surface area contributed by atoms with Gasteiger partial charge >= 0.3 is 0 Å². The predicted molar refractivity (Wildman–Crippen MR) is 54.1 cm³/mol. The van der Waals surface area contributed by atoms with E-state index in [9.17, 15) is 0 Å². The number of epoxide rings is 1. The maximum Gasteiger partial charge on any atom is 0.133 e. The van der Waals surface area contributed by atoms with Gasteiger partial charge in [-0.15, -0.1) is 0 Å². The number of hydrogen-bond acceptors (Lipinski definition) is 2. The van der Waals surface area contributed by atoms with Gasteiger partial charge in [-0.25, -0.2) is 0 Å². The fraction of sp³-hybridized carbons (Fsp3) is 0.400. The molecule has 0 saturated carbocycles. The fourth-order valence-corrected chi connectivity index (χ4v) is 1.43. The topological polar surface area (TPSA) is 21.8 Å². The lowest BCUT2D eigenvalue weighted by molar-refractivity contribution is 0.261. The third-order valence-electron chi connectivity index (χ3n) is 1.91. The number of hydrogen-bond donors (Lipinski definition) is 0. The van der Waals surface area contributed by atoms with Crippen LogP contribution in [0.25, 0.3) is 0 Å². The summed E-state index contributed by atoms with van der Waals surface area (Å²) in [5.41, 5.74) is 1.20. The summed E-state index contributed by atoms with van der Waals surface area (Å²) in [6, 6.07) is 6.06. The Morgan fingerprint density at radius 2 is 2.38 bits per heavy atom. The van der Waals surface area contributed by atoms with E-state index in [0.717, 1.165) is 16.8 Å². The van der Waals surface area contributed by atoms with E-state index >= 15 is 0 Å². The fourth-order valence-electron chi connectivity index (χ4n) is 1.07. The second-order valence-electron chi connectivity index (χ2n) is 3.20. The van der Waals surface area contributed by atoms with Crippen molar-refractivity contribution in [1.82, 2.24) is 0 Å². The van der Waals surface area contributed by atoms with Crippen LogP contribution in [0.15, 0.2) is 22.7 Å². The van der Waals surface area contributed by atoms with Crippen molar-refractivity contribution in [2.45, 2.75) is 13.0 Å². The molecule has 2 rings (SSSR count). The van der Waals surface area contributed by atoms with Crippen molar-refractivity contribution in [3.63, 3.8) is 0 Å². The number of rotatable bonds is 3. The average molecular weight is 243 g/mol. The summed E-state index contributed by atoms with van der Waals surface area (Å²) in [5, 5.41) is 0. The maximum atomic E-state index is 5.57. The molecule has 3 heteroatoms. The van der Waals surface area contributed by atoms with Crippen LogP contribution in [-0.4, -0.2) is 19.3 Å². The predicted octanol–water partition coefficient (Wildman–Crippen LogP) is 2.54. The Hall–Kier alpha value is -0.540. The van der Waals surface area contributed by atoms with E-state index in [4.69, 9.17) is 9.47 Å². The molecule has 0 aliphatic carbocycles. The Bertz CT molecular complexity index is 308. The molecule has 1 unspecified atom stereocenters. The molecule has 0 N–H and O–H groups in total. The van der Waals surface area contributed by atoms with Crippen LogP contribution in [0.2, 0.25) is 0 Å². The van der Waals surface area contributed by atoms with E-state index in [-0.39, 0.29) is 0 Å². The summed E-state index contributed by atoms with van der Waals surface area (Å²) in [6.45, 7) is 3.54. The number of aryl methyl sites for hydroxylation is 1. The summed E-state index contributed by atoms with van der Waals surface area (Å²) >= 11 is 3.44. The normalized spacial score (nSPS) is 20.0. The molecule has 1 aliphatic rings. The van der Waals surface area contributed by atoms with Crippen molar-refractivity contribution in [2.75, 3.05) is 13.2 Å². The lowest BCUT2D eigenvalue weighted by atomic mass is 10.2. The standard InChI is InChI=1S/C10H11BrO2/c1-7-2-3-9(11)10(4-7)13-6-8-5-12-8/h2-4,8H,5-6H2,1H3. The highest BCUT2D eigenvalue weighted by Crippen LogP contribution is 2.26. The van der Waals surface area contributed by atoms with Crippen molar-refractivity contribution < 1.29 is 9.47 Å². The first kappa shape index (κ1) is 9.03. The molecule has 1 saturated heterocycles. The summed E-state index contributed by atoms with van der Waals surface area (Å²) in [6.07, 6.45) is 0.312. The van der Waals surface area contributed by atoms with Crippen LogP contribution in [-0.2, 0) is 4.74 Å². The highest BCUT2D eigenvalue weighted by Gasteiger charge is 2.23. The van der Waals surface area contributed by atoms with E-state index < -0.39 is 0 Å². The molecule has 1 aromatic carbocycles. The summed E-state index contributed by atoms with van der Waals surface area (Å²) in [7, 11) is 0. The third-order valence-corrected chi connectivity index (χ3v) is 2.57. The van der Waals surface area contributed by atoms with Crippen molar-refractivity contribution in [3.8, 4) is 5.75 Å². The molecule has 1 heterocycles. The molecule has 1 atom stereocenters. The molecule has 0 amide bonds. The molecule has 0 spiro atoms. The smallest absolute Gasteiger partial charge is 0.133 e. The quantitative estimate of drug-likeness (QED) is 0.761. The molecular weight excluding hydrogens is 232 g/mol. The minimum Gasteiger partial charge on any atom is -0.490 e. The van der Waals surface area contributed by atoms with Crippen molar-refractivity contribution in [3.05, 3.63) is 28.2 Å². The van der Waals surface area contributed by atoms with Crippen LogP contribution in [0.1, 0.15) is 5.56 Å². The number of halogens is 1. The number of benzene rings is 1. The molecule has 0 bridgehead atoms. The van der Waals surface area contributed by atoms with Gasteiger partial charge in [0.2, 0.25) is 0 Å². The van der Waals surface area contributed by atoms with Crippen LogP contribution < -0.4 is 4.74 Å². The summed E-state index contributed by atoms with van der Waals surface area (Å²) in [4.78, 5) is 0. The van der Waals surface area contributed by atoms with Crippen molar-refractivity contribution in [2.24, 2.45) is 0 Å². The zero-order valence-electron chi connectivity index (χ0n) is 7.42. The highest BCUT2D eigenvalue weighted by atomic mass is 79.9. The Balaban J connectivity index is 2.03. The first-order chi connectivity index (χ1) is 6.25. The van der Waals surface area contributed by atoms with Crippen molar-refractivity contribution in [1.29, 1.82) is 0 Å². The minimum absolute atomic E-state index is 0.312. The van der Waals surface area contributed by atoms with Gasteiger partial charge in [0, 0.05) is 0 Å². The molecule has 0 aromatic heterocycles. The van der Waals surface area contributed by atoms with Gasteiger partial charge in [0.15, 0.2) is 0 Å². The molecular formula is C10H11BrO2. The van der Waals surface area contributed by atoms with Crippen molar-refractivity contribution >= 4 is 15.9 Å². The highest BCUT2D eigenvalue weighted by molar-refractivity contribution is 9.10. The van der Waals surface area contributed by atoms with Crippen LogP contribution in [0.4, 0.5) is 0 Å². The van der Waals surface area contributed by atoms with E-state index in [1.807, 2.05) is 25.1 Å². The van der Waals surface area contributed by atoms with Crippen LogP contribution >= 0.6 is 15.9 Å². The first-order valence-corrected chi connectivity index (χ1v) is 5.05. The van der Waals surface area contributed by atoms with E-state index in [1.165, 1.54) is 5.56 Å². The van der Waals surface area contributed by atoms with Gasteiger partial charge in [0.25, 0.3) is 0 Å². The van der Waals surface area contributed by atoms with Gasteiger partial charge in [0.1, 0.15) is 18.5 Å². The molecule has 1 aliphatic heterocycles. The molecule has 1 fully saturated rings. The lowest BCUT2D eigenvalue weighted by Crippen LogP contribution is -2.04. The molecule has 70 valence electrons. The van der Waals surface area contributed by atoms with E-state index in [2.05, 4.69) is 15.9 Å². The van der Waals surface area contributed by atoms with Gasteiger partial charge in [0.05, 0.1) is 11.1 Å². The largest absolute Gasteiger partial charge is 0.490 e. The lowest BCUT2D eigenvalue weighted by Gasteiger charge is -2.06. The SMILES string of the molecule is Cc1ccc(Br)c(OCC2CO2)c1. The third kappa shape index (κ3) is 2.45. The summed E-state index contributed by atoms with van der Waals surface area (Å²) < 4.78 is 11.6. The zero-order chi connectivity index (χ0) is 9.26. The van der Waals surface area contributed by atoms with Crippen LogP contribution in [0.5, 0.6) is 5.75 Å². The second-order valence-corrected chi connectivity index (χ2v) is 4.05. The van der Waals surface area contributed by atoms with Gasteiger partial charge in [-0.3, -0.25) is 0 Å². The molecule has 13 heavy (non-hydrogen) atoms. The summed E-state index contributed by atoms with van der Waals surface area (Å²) in [5.74, 6) is 0.899. The van der Waals surface area contributed by atoms with Gasteiger partial charge in [-0.2, -0.15) is 0 Å². The maximum absolute atomic E-state index is 5.57. The van der Waals surface area contributed by atoms with E-state index in [0.29, 0.717) is 12.7 Å². The van der Waals surface area contributed by atoms with Gasteiger partial charge in [-0.05, 0) is 40.5 Å². The molecule has 2 nitrogen and oxygen atoms in total. The Kier molecular flexibility index (Phi) is 2.56. The van der Waals surface area contributed by atoms with E-state index in [1.54, 1.807) is 0 Å². The average Bonchev–Trinajstić information content (AvgIpc) is 2.90.